The molecule has 5 rings (SSSR count). The largest absolute Gasteiger partial charge is 0.429 e. The molecule has 1 fully saturated rings. The van der Waals surface area contributed by atoms with Gasteiger partial charge in [-0.1, -0.05) is 62.9 Å². The SMILES string of the molecule is CCCCCC1CCC(c2ccc(-c3ccc(-c4ccc(C(F)(F)Oc5cc(F)c(F)c(F)c5)cc4)c(F)c3)nc2)CC1. The molecule has 4 aromatic rings. The van der Waals surface area contributed by atoms with Crippen molar-refractivity contribution in [2.24, 2.45) is 5.92 Å². The lowest BCUT2D eigenvalue weighted by atomic mass is 9.77. The van der Waals surface area contributed by atoms with Crippen molar-refractivity contribution in [3.8, 4) is 28.1 Å². The minimum absolute atomic E-state index is 0.203. The van der Waals surface area contributed by atoms with Crippen molar-refractivity contribution in [2.75, 3.05) is 0 Å². The number of nitrogens with zero attached hydrogens (tertiary/aromatic N) is 1. The Balaban J connectivity index is 1.23. The van der Waals surface area contributed by atoms with Gasteiger partial charge in [-0.15, -0.1) is 0 Å². The smallest absolute Gasteiger partial charge is 0.426 e. The van der Waals surface area contributed by atoms with Crippen molar-refractivity contribution in [3.63, 3.8) is 0 Å². The zero-order chi connectivity index (χ0) is 30.6. The fourth-order valence-corrected chi connectivity index (χ4v) is 5.84. The lowest BCUT2D eigenvalue weighted by molar-refractivity contribution is -0.185. The normalized spacial score (nSPS) is 17.2. The fourth-order valence-electron chi connectivity index (χ4n) is 5.84. The van der Waals surface area contributed by atoms with Crippen molar-refractivity contribution >= 4 is 0 Å². The van der Waals surface area contributed by atoms with Crippen LogP contribution in [0.25, 0.3) is 22.4 Å². The number of ether oxygens (including phenoxy) is 1. The van der Waals surface area contributed by atoms with E-state index in [4.69, 9.17) is 0 Å². The molecule has 1 aliphatic rings. The summed E-state index contributed by atoms with van der Waals surface area (Å²) >= 11 is 0. The molecule has 0 saturated heterocycles. The molecule has 226 valence electrons. The number of pyridine rings is 1. The van der Waals surface area contributed by atoms with Crippen molar-refractivity contribution in [2.45, 2.75) is 70.3 Å². The van der Waals surface area contributed by atoms with Crippen LogP contribution in [-0.2, 0) is 6.11 Å². The highest BCUT2D eigenvalue weighted by Gasteiger charge is 2.35. The maximum absolute atomic E-state index is 15.2. The van der Waals surface area contributed by atoms with Crippen LogP contribution >= 0.6 is 0 Å². The van der Waals surface area contributed by atoms with Crippen LogP contribution in [0.15, 0.2) is 72.9 Å². The minimum atomic E-state index is -3.98. The third-order valence-electron chi connectivity index (χ3n) is 8.32. The summed E-state index contributed by atoms with van der Waals surface area (Å²) in [6.07, 6.45) is 7.95. The molecule has 43 heavy (non-hydrogen) atoms. The van der Waals surface area contributed by atoms with Gasteiger partial charge in [-0.25, -0.2) is 17.6 Å². The highest BCUT2D eigenvalue weighted by molar-refractivity contribution is 5.69. The molecule has 1 saturated carbocycles. The van der Waals surface area contributed by atoms with Gasteiger partial charge in [0.1, 0.15) is 11.6 Å². The Kier molecular flexibility index (Phi) is 9.43. The van der Waals surface area contributed by atoms with E-state index in [1.54, 1.807) is 12.1 Å². The van der Waals surface area contributed by atoms with Gasteiger partial charge in [0.25, 0.3) is 0 Å². The van der Waals surface area contributed by atoms with E-state index in [-0.39, 0.29) is 5.56 Å². The molecule has 1 aliphatic carbocycles. The van der Waals surface area contributed by atoms with Crippen LogP contribution < -0.4 is 4.74 Å². The summed E-state index contributed by atoms with van der Waals surface area (Å²) in [5, 5.41) is 0. The molecule has 0 atom stereocenters. The monoisotopic (exact) mass is 597 g/mol. The Hall–Kier alpha value is -3.81. The van der Waals surface area contributed by atoms with Crippen LogP contribution in [0.3, 0.4) is 0 Å². The van der Waals surface area contributed by atoms with Crippen molar-refractivity contribution in [1.29, 1.82) is 0 Å². The van der Waals surface area contributed by atoms with Crippen molar-refractivity contribution in [3.05, 3.63) is 107 Å². The molecule has 0 N–H and O–H groups in total. The van der Waals surface area contributed by atoms with E-state index in [9.17, 15) is 22.0 Å². The zero-order valence-electron chi connectivity index (χ0n) is 23.9. The summed E-state index contributed by atoms with van der Waals surface area (Å²) in [5.74, 6) is -5.18. The molecule has 3 aromatic carbocycles. The number of unbranched alkanes of at least 4 members (excludes halogenated alkanes) is 2. The van der Waals surface area contributed by atoms with Gasteiger partial charge in [0.15, 0.2) is 17.5 Å². The van der Waals surface area contributed by atoms with Crippen LogP contribution in [-0.4, -0.2) is 4.98 Å². The Morgan fingerprint density at radius 2 is 1.44 bits per heavy atom. The Morgan fingerprint density at radius 1 is 0.767 bits per heavy atom. The first kappa shape index (κ1) is 30.6. The molecule has 0 amide bonds. The van der Waals surface area contributed by atoms with Gasteiger partial charge in [-0.2, -0.15) is 8.78 Å². The standard InChI is InChI=1S/C35H33F6NO/c1-2-3-4-5-22-6-8-23(9-7-22)26-13-17-33(42-21-26)25-12-16-29(30(36)18-25)24-10-14-27(15-11-24)35(40,41)43-28-19-31(37)34(39)32(38)20-28/h10-23H,2-9H2,1H3. The number of aromatic nitrogens is 1. The van der Waals surface area contributed by atoms with Crippen molar-refractivity contribution in [1.82, 2.24) is 4.98 Å². The highest BCUT2D eigenvalue weighted by atomic mass is 19.3. The van der Waals surface area contributed by atoms with Crippen LogP contribution in [0.1, 0.15) is 75.3 Å². The van der Waals surface area contributed by atoms with Gasteiger partial charge in [-0.05, 0) is 72.9 Å². The molecule has 2 nitrogen and oxygen atoms in total. The number of halogens is 6. The highest BCUT2D eigenvalue weighted by Crippen LogP contribution is 2.38. The quantitative estimate of drug-likeness (QED) is 0.103. The second kappa shape index (κ2) is 13.2. The molecule has 0 spiro atoms. The molecular formula is C35H33F6NO. The Morgan fingerprint density at radius 3 is 2.05 bits per heavy atom. The summed E-state index contributed by atoms with van der Waals surface area (Å²) in [5.41, 5.74) is 2.37. The van der Waals surface area contributed by atoms with Gasteiger partial charge in [-0.3, -0.25) is 4.98 Å². The average molecular weight is 598 g/mol. The van der Waals surface area contributed by atoms with Gasteiger partial charge in [0.05, 0.1) is 11.3 Å². The molecule has 0 bridgehead atoms. The van der Waals surface area contributed by atoms with Gasteiger partial charge < -0.3 is 4.74 Å². The number of hydrogen-bond acceptors (Lipinski definition) is 2. The first-order chi connectivity index (χ1) is 20.6. The zero-order valence-corrected chi connectivity index (χ0v) is 23.9. The van der Waals surface area contributed by atoms with E-state index >= 15 is 4.39 Å². The minimum Gasteiger partial charge on any atom is -0.429 e. The predicted octanol–water partition coefficient (Wildman–Crippen LogP) is 11.0. The lowest BCUT2D eigenvalue weighted by Gasteiger charge is -2.28. The maximum Gasteiger partial charge on any atom is 0.426 e. The number of alkyl halides is 2. The maximum atomic E-state index is 15.2. The summed E-state index contributed by atoms with van der Waals surface area (Å²) in [6, 6.07) is 13.9. The van der Waals surface area contributed by atoms with Crippen LogP contribution in [0, 0.1) is 29.2 Å². The molecular weight excluding hydrogens is 564 g/mol. The van der Waals surface area contributed by atoms with Gasteiger partial charge in [0.2, 0.25) is 0 Å². The molecule has 0 radical (unpaired) electrons. The van der Waals surface area contributed by atoms with E-state index in [0.717, 1.165) is 18.1 Å². The van der Waals surface area contributed by atoms with E-state index in [2.05, 4.69) is 22.7 Å². The summed E-state index contributed by atoms with van der Waals surface area (Å²) < 4.78 is 88.8. The number of rotatable bonds is 10. The second-order valence-corrected chi connectivity index (χ2v) is 11.3. The number of benzene rings is 3. The molecule has 0 unspecified atom stereocenters. The molecule has 0 aliphatic heterocycles. The predicted molar refractivity (Wildman–Crippen MR) is 155 cm³/mol. The number of hydrogen-bond donors (Lipinski definition) is 0. The lowest BCUT2D eigenvalue weighted by Crippen LogP contribution is -2.22. The Labute approximate surface area is 247 Å². The van der Waals surface area contributed by atoms with Crippen molar-refractivity contribution < 1.29 is 31.1 Å². The Bertz CT molecular complexity index is 1510. The summed E-state index contributed by atoms with van der Waals surface area (Å²) in [4.78, 5) is 4.60. The molecule has 1 heterocycles. The van der Waals surface area contributed by atoms with E-state index in [0.29, 0.717) is 34.9 Å². The second-order valence-electron chi connectivity index (χ2n) is 11.3. The third kappa shape index (κ3) is 7.23. The first-order valence-electron chi connectivity index (χ1n) is 14.7. The average Bonchev–Trinajstić information content (AvgIpc) is 3.00. The van der Waals surface area contributed by atoms with Crippen LogP contribution in [0.2, 0.25) is 0 Å². The van der Waals surface area contributed by atoms with Crippen LogP contribution in [0.5, 0.6) is 5.75 Å². The van der Waals surface area contributed by atoms with Gasteiger partial charge in [0, 0.05) is 29.5 Å². The van der Waals surface area contributed by atoms with E-state index in [1.807, 2.05) is 12.3 Å². The molecule has 1 aromatic heterocycles. The van der Waals surface area contributed by atoms with Gasteiger partial charge >= 0.3 is 6.11 Å². The van der Waals surface area contributed by atoms with E-state index in [1.165, 1.54) is 75.1 Å². The van der Waals surface area contributed by atoms with Crippen LogP contribution in [0.4, 0.5) is 26.3 Å². The fraction of sp³-hybridized carbons (Fsp3) is 0.343. The first-order valence-corrected chi connectivity index (χ1v) is 14.7. The summed E-state index contributed by atoms with van der Waals surface area (Å²) in [6.45, 7) is 2.23. The van der Waals surface area contributed by atoms with E-state index < -0.39 is 40.7 Å². The third-order valence-corrected chi connectivity index (χ3v) is 8.32. The summed E-state index contributed by atoms with van der Waals surface area (Å²) in [7, 11) is 0. The molecule has 8 heteroatoms. The topological polar surface area (TPSA) is 22.1 Å².